The number of pyridine rings is 1. The zero-order chi connectivity index (χ0) is 32.6. The van der Waals surface area contributed by atoms with Gasteiger partial charge in [0.2, 0.25) is 5.91 Å². The Morgan fingerprint density at radius 3 is 2.17 bits per heavy atom. The molecule has 5 aromatic rings. The topological polar surface area (TPSA) is 130 Å². The first-order chi connectivity index (χ1) is 22.2. The molecule has 1 amide bonds. The summed E-state index contributed by atoms with van der Waals surface area (Å²) in [5, 5.41) is 28.3. The van der Waals surface area contributed by atoms with Crippen LogP contribution < -0.4 is 20.9 Å². The molecule has 4 N–H and O–H groups in total. The number of amides is 1. The monoisotopic (exact) mass is 619 g/mol. The second-order valence-electron chi connectivity index (χ2n) is 11.4. The second-order valence-corrected chi connectivity index (χ2v) is 11.4. The van der Waals surface area contributed by atoms with Crippen molar-refractivity contribution in [2.24, 2.45) is 0 Å². The van der Waals surface area contributed by atoms with Gasteiger partial charge in [-0.1, -0.05) is 78.9 Å². The Kier molecular flexibility index (Phi) is 10.3. The molecule has 0 spiro atoms. The first kappa shape index (κ1) is 32.2. The highest BCUT2D eigenvalue weighted by Crippen LogP contribution is 2.18. The lowest BCUT2D eigenvalue weighted by molar-refractivity contribution is -0.136. The van der Waals surface area contributed by atoms with Crippen molar-refractivity contribution in [3.63, 3.8) is 0 Å². The highest BCUT2D eigenvalue weighted by atomic mass is 16.5. The van der Waals surface area contributed by atoms with Crippen molar-refractivity contribution in [3.05, 3.63) is 141 Å². The third-order valence-electron chi connectivity index (χ3n) is 7.90. The summed E-state index contributed by atoms with van der Waals surface area (Å²) in [6.07, 6.45) is 0.972. The van der Waals surface area contributed by atoms with Gasteiger partial charge in [-0.2, -0.15) is 0 Å². The fraction of sp³-hybridized carbons (Fsp3) is 0.216. The molecule has 236 valence electrons. The van der Waals surface area contributed by atoms with Crippen LogP contribution >= 0.6 is 0 Å². The largest absolute Gasteiger partial charge is 0.497 e. The smallest absolute Gasteiger partial charge is 0.307 e. The zero-order valence-corrected chi connectivity index (χ0v) is 25.8. The van der Waals surface area contributed by atoms with E-state index in [9.17, 15) is 19.5 Å². The van der Waals surface area contributed by atoms with Gasteiger partial charge in [-0.05, 0) is 70.1 Å². The Morgan fingerprint density at radius 1 is 0.826 bits per heavy atom. The van der Waals surface area contributed by atoms with Gasteiger partial charge in [0, 0.05) is 12.6 Å². The van der Waals surface area contributed by atoms with Gasteiger partial charge in [-0.3, -0.25) is 19.7 Å². The minimum atomic E-state index is -1.06. The molecular weight excluding hydrogens is 582 g/mol. The summed E-state index contributed by atoms with van der Waals surface area (Å²) in [5.41, 5.74) is 3.62. The SMILES string of the molecule is COc1ccc(Cn2ccc(C)c(NC(=O)[C@H](Cc3ccc(CC(=O)O)cc3)NC(O)Cc3ccc4ccccc4c3)c2=O)cc1. The Morgan fingerprint density at radius 2 is 1.48 bits per heavy atom. The van der Waals surface area contributed by atoms with E-state index in [0.29, 0.717) is 23.4 Å². The number of ether oxygens (including phenoxy) is 1. The van der Waals surface area contributed by atoms with E-state index >= 15 is 0 Å². The molecule has 9 heteroatoms. The summed E-state index contributed by atoms with van der Waals surface area (Å²) in [6, 6.07) is 29.1. The molecule has 0 aliphatic carbocycles. The van der Waals surface area contributed by atoms with E-state index in [1.807, 2.05) is 66.7 Å². The first-order valence-corrected chi connectivity index (χ1v) is 15.0. The number of fused-ring (bicyclic) bond motifs is 1. The Labute approximate surface area is 267 Å². The number of anilines is 1. The predicted octanol–water partition coefficient (Wildman–Crippen LogP) is 4.69. The molecule has 0 radical (unpaired) electrons. The maximum absolute atomic E-state index is 13.8. The average Bonchev–Trinajstić information content (AvgIpc) is 3.05. The molecule has 2 atom stereocenters. The van der Waals surface area contributed by atoms with Gasteiger partial charge in [0.25, 0.3) is 5.56 Å². The fourth-order valence-corrected chi connectivity index (χ4v) is 5.39. The van der Waals surface area contributed by atoms with E-state index in [4.69, 9.17) is 9.84 Å². The summed E-state index contributed by atoms with van der Waals surface area (Å²) >= 11 is 0. The predicted molar refractivity (Wildman–Crippen MR) is 178 cm³/mol. The number of hydrogen-bond donors (Lipinski definition) is 4. The van der Waals surface area contributed by atoms with Crippen molar-refractivity contribution in [1.82, 2.24) is 9.88 Å². The number of carbonyl (C=O) groups is 2. The van der Waals surface area contributed by atoms with Gasteiger partial charge < -0.3 is 24.8 Å². The fourth-order valence-electron chi connectivity index (χ4n) is 5.39. The molecule has 0 fully saturated rings. The van der Waals surface area contributed by atoms with Gasteiger partial charge in [0.1, 0.15) is 17.7 Å². The van der Waals surface area contributed by atoms with Crippen LogP contribution in [0.4, 0.5) is 5.69 Å². The lowest BCUT2D eigenvalue weighted by Crippen LogP contribution is -2.48. The number of aliphatic hydroxyl groups is 1. The molecular formula is C37H37N3O6. The van der Waals surface area contributed by atoms with Crippen LogP contribution in [0.2, 0.25) is 0 Å². The lowest BCUT2D eigenvalue weighted by Gasteiger charge is -2.23. The van der Waals surface area contributed by atoms with Crippen LogP contribution in [0.25, 0.3) is 10.8 Å². The number of aryl methyl sites for hydroxylation is 1. The van der Waals surface area contributed by atoms with Crippen molar-refractivity contribution in [2.75, 3.05) is 12.4 Å². The van der Waals surface area contributed by atoms with Crippen LogP contribution in [0.15, 0.2) is 108 Å². The summed E-state index contributed by atoms with van der Waals surface area (Å²) in [7, 11) is 1.59. The van der Waals surface area contributed by atoms with Gasteiger partial charge in [-0.15, -0.1) is 0 Å². The number of aliphatic hydroxyl groups excluding tert-OH is 1. The number of carboxylic acids is 1. The van der Waals surface area contributed by atoms with Crippen LogP contribution in [-0.4, -0.2) is 46.0 Å². The van der Waals surface area contributed by atoms with E-state index in [2.05, 4.69) is 10.6 Å². The number of aliphatic carboxylic acids is 1. The number of carbonyl (C=O) groups excluding carboxylic acids is 1. The van der Waals surface area contributed by atoms with Gasteiger partial charge >= 0.3 is 5.97 Å². The number of carboxylic acid groups (broad SMARTS) is 1. The minimum Gasteiger partial charge on any atom is -0.497 e. The van der Waals surface area contributed by atoms with Crippen molar-refractivity contribution in [2.45, 2.75) is 45.0 Å². The Balaban J connectivity index is 1.36. The molecule has 0 saturated carbocycles. The third kappa shape index (κ3) is 8.26. The standard InChI is InChI=1S/C37H37N3O6/c1-24-17-18-40(23-27-12-15-31(46-2)16-13-27)37(45)35(24)39-36(44)32(20-25-7-9-26(10-8-25)22-34(42)43)38-33(41)21-28-11-14-29-5-3-4-6-30(29)19-28/h3-19,32-33,38,41H,20-23H2,1-2H3,(H,39,44)(H,42,43)/t32-,33?/m0/s1. The number of hydrogen-bond acceptors (Lipinski definition) is 6. The van der Waals surface area contributed by atoms with E-state index < -0.39 is 24.1 Å². The molecule has 46 heavy (non-hydrogen) atoms. The Hall–Kier alpha value is -5.25. The highest BCUT2D eigenvalue weighted by molar-refractivity contribution is 5.95. The molecule has 9 nitrogen and oxygen atoms in total. The van der Waals surface area contributed by atoms with E-state index in [1.54, 1.807) is 50.6 Å². The number of nitrogens with zero attached hydrogens (tertiary/aromatic N) is 1. The van der Waals surface area contributed by atoms with Crippen LogP contribution in [0.1, 0.15) is 27.8 Å². The first-order valence-electron chi connectivity index (χ1n) is 15.0. The van der Waals surface area contributed by atoms with E-state index in [1.165, 1.54) is 4.57 Å². The van der Waals surface area contributed by atoms with Crippen molar-refractivity contribution in [3.8, 4) is 5.75 Å². The molecule has 0 bridgehead atoms. The number of aromatic nitrogens is 1. The van der Waals surface area contributed by atoms with E-state index in [0.717, 1.165) is 27.5 Å². The summed E-state index contributed by atoms with van der Waals surface area (Å²) in [6.45, 7) is 2.06. The van der Waals surface area contributed by atoms with Gasteiger partial charge in [0.15, 0.2) is 0 Å². The summed E-state index contributed by atoms with van der Waals surface area (Å²) in [5.74, 6) is -0.695. The normalized spacial score (nSPS) is 12.4. The van der Waals surface area contributed by atoms with E-state index in [-0.39, 0.29) is 30.5 Å². The van der Waals surface area contributed by atoms with Crippen LogP contribution in [0.3, 0.4) is 0 Å². The Bertz CT molecular complexity index is 1880. The molecule has 0 aliphatic rings. The maximum atomic E-state index is 13.8. The minimum absolute atomic E-state index is 0.108. The van der Waals surface area contributed by atoms with Crippen LogP contribution in [0, 0.1) is 6.92 Å². The molecule has 0 saturated heterocycles. The van der Waals surface area contributed by atoms with Crippen molar-refractivity contribution < 1.29 is 24.5 Å². The summed E-state index contributed by atoms with van der Waals surface area (Å²) in [4.78, 5) is 38.5. The number of methoxy groups -OCH3 is 1. The number of nitrogens with one attached hydrogen (secondary N) is 2. The number of rotatable bonds is 13. The second kappa shape index (κ2) is 14.7. The zero-order valence-electron chi connectivity index (χ0n) is 25.8. The van der Waals surface area contributed by atoms with Crippen molar-refractivity contribution in [1.29, 1.82) is 0 Å². The summed E-state index contributed by atoms with van der Waals surface area (Å²) < 4.78 is 6.75. The average molecular weight is 620 g/mol. The molecule has 1 aromatic heterocycles. The van der Waals surface area contributed by atoms with Crippen LogP contribution in [-0.2, 0) is 35.4 Å². The third-order valence-corrected chi connectivity index (χ3v) is 7.90. The van der Waals surface area contributed by atoms with Gasteiger partial charge in [-0.25, -0.2) is 0 Å². The quantitative estimate of drug-likeness (QED) is 0.141. The molecule has 5 rings (SSSR count). The number of benzene rings is 4. The molecule has 1 heterocycles. The maximum Gasteiger partial charge on any atom is 0.307 e. The van der Waals surface area contributed by atoms with Crippen molar-refractivity contribution >= 4 is 28.3 Å². The highest BCUT2D eigenvalue weighted by Gasteiger charge is 2.24. The van der Waals surface area contributed by atoms with Gasteiger partial charge in [0.05, 0.1) is 26.1 Å². The molecule has 4 aromatic carbocycles. The van der Waals surface area contributed by atoms with Crippen LogP contribution in [0.5, 0.6) is 5.75 Å². The lowest BCUT2D eigenvalue weighted by atomic mass is 10.0. The molecule has 1 unspecified atom stereocenters. The molecule has 0 aliphatic heterocycles.